The van der Waals surface area contributed by atoms with Crippen molar-refractivity contribution in [3.8, 4) is 0 Å². The first-order chi connectivity index (χ1) is 8.20. The van der Waals surface area contributed by atoms with Crippen molar-refractivity contribution in [3.05, 3.63) is 23.3 Å². The van der Waals surface area contributed by atoms with Crippen molar-refractivity contribution < 1.29 is 4.74 Å². The second kappa shape index (κ2) is 5.10. The van der Waals surface area contributed by atoms with Crippen molar-refractivity contribution in [2.75, 3.05) is 13.7 Å². The van der Waals surface area contributed by atoms with E-state index in [9.17, 15) is 0 Å². The van der Waals surface area contributed by atoms with Crippen LogP contribution >= 0.6 is 0 Å². The first-order valence-electron chi connectivity index (χ1n) is 6.30. The molecule has 4 nitrogen and oxygen atoms in total. The third-order valence-corrected chi connectivity index (χ3v) is 3.52. The minimum absolute atomic E-state index is 0.255. The molecule has 17 heavy (non-hydrogen) atoms. The van der Waals surface area contributed by atoms with E-state index >= 15 is 0 Å². The fourth-order valence-corrected chi connectivity index (χ4v) is 2.58. The second-order valence-corrected chi connectivity index (χ2v) is 4.77. The molecule has 94 valence electrons. The zero-order valence-corrected chi connectivity index (χ0v) is 10.7. The van der Waals surface area contributed by atoms with Crippen molar-refractivity contribution in [1.29, 1.82) is 0 Å². The van der Waals surface area contributed by atoms with Gasteiger partial charge in [0.1, 0.15) is 5.60 Å². The Morgan fingerprint density at radius 3 is 2.65 bits per heavy atom. The molecule has 4 heteroatoms. The lowest BCUT2D eigenvalue weighted by atomic mass is 10.0. The van der Waals surface area contributed by atoms with E-state index in [-0.39, 0.29) is 5.60 Å². The summed E-state index contributed by atoms with van der Waals surface area (Å²) in [5.41, 5.74) is 7.36. The fraction of sp³-hybridized carbons (Fsp3) is 0.692. The van der Waals surface area contributed by atoms with Gasteiger partial charge in [-0.3, -0.25) is 0 Å². The van der Waals surface area contributed by atoms with Crippen LogP contribution in [0.15, 0.2) is 6.07 Å². The number of aryl methyl sites for hydroxylation is 1. The largest absolute Gasteiger partial charge is 0.370 e. The molecule has 0 aliphatic heterocycles. The lowest BCUT2D eigenvalue weighted by Crippen LogP contribution is -2.28. The molecule has 0 saturated heterocycles. The topological polar surface area (TPSA) is 61.0 Å². The highest BCUT2D eigenvalue weighted by atomic mass is 16.5. The van der Waals surface area contributed by atoms with Gasteiger partial charge in [-0.1, -0.05) is 0 Å². The lowest BCUT2D eigenvalue weighted by molar-refractivity contribution is -0.0165. The third-order valence-electron chi connectivity index (χ3n) is 3.52. The van der Waals surface area contributed by atoms with E-state index in [0.29, 0.717) is 6.54 Å². The van der Waals surface area contributed by atoms with Crippen LogP contribution in [0.3, 0.4) is 0 Å². The number of rotatable bonds is 4. The van der Waals surface area contributed by atoms with E-state index < -0.39 is 0 Å². The molecule has 1 aromatic rings. The molecule has 1 aromatic heterocycles. The summed E-state index contributed by atoms with van der Waals surface area (Å²) < 4.78 is 5.72. The monoisotopic (exact) mass is 235 g/mol. The summed E-state index contributed by atoms with van der Waals surface area (Å²) in [5, 5.41) is 0. The van der Waals surface area contributed by atoms with Crippen molar-refractivity contribution in [2.45, 2.75) is 44.6 Å². The smallest absolute Gasteiger partial charge is 0.160 e. The summed E-state index contributed by atoms with van der Waals surface area (Å²) in [5.74, 6) is 0.848. The first-order valence-corrected chi connectivity index (χ1v) is 6.30. The standard InChI is InChI=1S/C13H21N3O/c1-10-9-11(5-8-14)16-12(15-10)13(17-2)6-3-4-7-13/h9H,3-8,14H2,1-2H3. The Balaban J connectivity index is 2.36. The minimum atomic E-state index is -0.255. The van der Waals surface area contributed by atoms with Crippen LogP contribution < -0.4 is 5.73 Å². The average molecular weight is 235 g/mol. The Morgan fingerprint density at radius 2 is 2.06 bits per heavy atom. The zero-order chi connectivity index (χ0) is 12.3. The van der Waals surface area contributed by atoms with Crippen LogP contribution in [-0.2, 0) is 16.8 Å². The van der Waals surface area contributed by atoms with Gasteiger partial charge in [-0.2, -0.15) is 0 Å². The molecule has 0 amide bonds. The Morgan fingerprint density at radius 1 is 1.35 bits per heavy atom. The normalized spacial score (nSPS) is 18.5. The maximum absolute atomic E-state index is 5.72. The number of nitrogens with zero attached hydrogens (tertiary/aromatic N) is 2. The number of nitrogens with two attached hydrogens (primary N) is 1. The first kappa shape index (κ1) is 12.5. The van der Waals surface area contributed by atoms with Gasteiger partial charge in [0, 0.05) is 24.9 Å². The number of aromatic nitrogens is 2. The van der Waals surface area contributed by atoms with Gasteiger partial charge in [-0.15, -0.1) is 0 Å². The highest BCUT2D eigenvalue weighted by Crippen LogP contribution is 2.39. The summed E-state index contributed by atoms with van der Waals surface area (Å²) >= 11 is 0. The van der Waals surface area contributed by atoms with E-state index in [1.54, 1.807) is 7.11 Å². The summed E-state index contributed by atoms with van der Waals surface area (Å²) in [6.45, 7) is 2.62. The van der Waals surface area contributed by atoms with Crippen LogP contribution in [0, 0.1) is 6.92 Å². The van der Waals surface area contributed by atoms with Gasteiger partial charge >= 0.3 is 0 Å². The Bertz CT molecular complexity index is 386. The fourth-order valence-electron chi connectivity index (χ4n) is 2.58. The predicted molar refractivity (Wildman–Crippen MR) is 66.7 cm³/mol. The SMILES string of the molecule is COC1(c2nc(C)cc(CCN)n2)CCCC1. The molecule has 0 radical (unpaired) electrons. The molecular weight excluding hydrogens is 214 g/mol. The maximum Gasteiger partial charge on any atom is 0.160 e. The maximum atomic E-state index is 5.72. The molecule has 0 spiro atoms. The summed E-state index contributed by atoms with van der Waals surface area (Å²) in [4.78, 5) is 9.20. The Labute approximate surface area is 103 Å². The minimum Gasteiger partial charge on any atom is -0.370 e. The van der Waals surface area contributed by atoms with Crippen LogP contribution in [0.4, 0.5) is 0 Å². The van der Waals surface area contributed by atoms with Crippen LogP contribution in [0.2, 0.25) is 0 Å². The van der Waals surface area contributed by atoms with Gasteiger partial charge in [0.2, 0.25) is 0 Å². The molecule has 0 bridgehead atoms. The van der Waals surface area contributed by atoms with Crippen LogP contribution in [0.25, 0.3) is 0 Å². The van der Waals surface area contributed by atoms with Gasteiger partial charge in [-0.05, 0) is 45.2 Å². The summed E-state index contributed by atoms with van der Waals surface area (Å²) in [6, 6.07) is 2.01. The number of methoxy groups -OCH3 is 1. The molecule has 1 saturated carbocycles. The molecule has 1 fully saturated rings. The highest BCUT2D eigenvalue weighted by molar-refractivity contribution is 5.15. The van der Waals surface area contributed by atoms with Gasteiger partial charge in [0.05, 0.1) is 0 Å². The quantitative estimate of drug-likeness (QED) is 0.863. The molecule has 0 unspecified atom stereocenters. The van der Waals surface area contributed by atoms with Crippen LogP contribution in [0.1, 0.15) is 42.9 Å². The molecule has 2 rings (SSSR count). The second-order valence-electron chi connectivity index (χ2n) is 4.77. The summed E-state index contributed by atoms with van der Waals surface area (Å²) in [6.07, 6.45) is 5.23. The number of hydrogen-bond donors (Lipinski definition) is 1. The average Bonchev–Trinajstić information content (AvgIpc) is 2.78. The lowest BCUT2D eigenvalue weighted by Gasteiger charge is -2.26. The van der Waals surface area contributed by atoms with Gasteiger partial charge < -0.3 is 10.5 Å². The number of hydrogen-bond acceptors (Lipinski definition) is 4. The van der Waals surface area contributed by atoms with Gasteiger partial charge in [0.15, 0.2) is 5.82 Å². The molecule has 2 N–H and O–H groups in total. The van der Waals surface area contributed by atoms with Crippen molar-refractivity contribution in [2.24, 2.45) is 5.73 Å². The van der Waals surface area contributed by atoms with Crippen molar-refractivity contribution in [1.82, 2.24) is 9.97 Å². The molecule has 1 aliphatic carbocycles. The van der Waals surface area contributed by atoms with Crippen LogP contribution in [0.5, 0.6) is 0 Å². The summed E-state index contributed by atoms with van der Waals surface area (Å²) in [7, 11) is 1.76. The van der Waals surface area contributed by atoms with Gasteiger partial charge in [-0.25, -0.2) is 9.97 Å². The van der Waals surface area contributed by atoms with E-state index in [1.165, 1.54) is 12.8 Å². The Hall–Kier alpha value is -1.00. The Kier molecular flexibility index (Phi) is 3.74. The molecule has 0 atom stereocenters. The van der Waals surface area contributed by atoms with Crippen molar-refractivity contribution >= 4 is 0 Å². The van der Waals surface area contributed by atoms with E-state index in [0.717, 1.165) is 36.5 Å². The molecule has 1 aliphatic rings. The van der Waals surface area contributed by atoms with Crippen molar-refractivity contribution in [3.63, 3.8) is 0 Å². The molecule has 1 heterocycles. The van der Waals surface area contributed by atoms with E-state index in [1.807, 2.05) is 13.0 Å². The predicted octanol–water partition coefficient (Wildman–Crippen LogP) is 1.70. The van der Waals surface area contributed by atoms with E-state index in [4.69, 9.17) is 10.5 Å². The van der Waals surface area contributed by atoms with Gasteiger partial charge in [0.25, 0.3) is 0 Å². The van der Waals surface area contributed by atoms with E-state index in [2.05, 4.69) is 9.97 Å². The molecular formula is C13H21N3O. The van der Waals surface area contributed by atoms with Crippen LogP contribution in [-0.4, -0.2) is 23.6 Å². The highest BCUT2D eigenvalue weighted by Gasteiger charge is 2.38. The zero-order valence-electron chi connectivity index (χ0n) is 10.7. The third kappa shape index (κ3) is 2.48. The number of ether oxygens (including phenoxy) is 1. The molecule has 0 aromatic carbocycles.